The van der Waals surface area contributed by atoms with Crippen molar-refractivity contribution in [2.24, 2.45) is 5.92 Å². The van der Waals surface area contributed by atoms with Crippen molar-refractivity contribution in [2.75, 3.05) is 0 Å². The molecule has 1 aromatic carbocycles. The van der Waals surface area contributed by atoms with Crippen molar-refractivity contribution in [2.45, 2.75) is 87.5 Å². The van der Waals surface area contributed by atoms with Crippen LogP contribution in [0.5, 0.6) is 0 Å². The maximum atomic E-state index is 13.1. The van der Waals surface area contributed by atoms with Crippen molar-refractivity contribution < 1.29 is 45.1 Å². The van der Waals surface area contributed by atoms with Crippen molar-refractivity contribution >= 4 is 10.1 Å². The van der Waals surface area contributed by atoms with E-state index in [4.69, 9.17) is 14.2 Å². The summed E-state index contributed by atoms with van der Waals surface area (Å²) in [6.45, 7) is 1.55. The highest BCUT2D eigenvalue weighted by atomic mass is 32.2. The molecule has 1 heterocycles. The van der Waals surface area contributed by atoms with Crippen LogP contribution in [0.25, 0.3) is 0 Å². The predicted molar refractivity (Wildman–Crippen MR) is 106 cm³/mol. The first-order chi connectivity index (χ1) is 15.0. The number of hydrogen-bond acceptors (Lipinski definition) is 7. The van der Waals surface area contributed by atoms with Gasteiger partial charge in [0, 0.05) is 18.8 Å². The van der Waals surface area contributed by atoms with Gasteiger partial charge in [0.05, 0.1) is 18.8 Å². The van der Waals surface area contributed by atoms with Gasteiger partial charge in [-0.3, -0.25) is 4.18 Å². The van der Waals surface area contributed by atoms with Crippen LogP contribution >= 0.6 is 0 Å². The van der Waals surface area contributed by atoms with Gasteiger partial charge in [-0.15, -0.1) is 0 Å². The Morgan fingerprint density at radius 2 is 1.69 bits per heavy atom. The molecular weight excluding hydrogens is 453 g/mol. The second-order valence-electron chi connectivity index (χ2n) is 8.71. The summed E-state index contributed by atoms with van der Waals surface area (Å²) >= 11 is 0. The zero-order valence-corrected chi connectivity index (χ0v) is 18.3. The Hall–Kier alpha value is -1.24. The van der Waals surface area contributed by atoms with E-state index in [9.17, 15) is 26.7 Å². The fourth-order valence-electron chi connectivity index (χ4n) is 4.79. The summed E-state index contributed by atoms with van der Waals surface area (Å²) in [6, 6.07) is 8.86. The number of hydrogen-bond donors (Lipinski definition) is 1. The minimum atomic E-state index is -5.97. The molecule has 0 amide bonds. The van der Waals surface area contributed by atoms with Crippen molar-refractivity contribution in [1.29, 1.82) is 0 Å². The first kappa shape index (κ1) is 23.9. The minimum absolute atomic E-state index is 0.0296. The van der Waals surface area contributed by atoms with Crippen molar-refractivity contribution in [3.05, 3.63) is 35.9 Å². The molecule has 6 atom stereocenters. The van der Waals surface area contributed by atoms with Crippen LogP contribution in [0.1, 0.15) is 44.6 Å². The molecule has 3 aliphatic rings. The number of aliphatic hydroxyl groups excluding tert-OH is 1. The zero-order chi connectivity index (χ0) is 23.1. The van der Waals surface area contributed by atoms with Gasteiger partial charge in [0.25, 0.3) is 0 Å². The predicted octanol–water partition coefficient (Wildman–Crippen LogP) is 3.26. The second kappa shape index (κ2) is 8.84. The van der Waals surface area contributed by atoms with Crippen LogP contribution in [0, 0.1) is 5.92 Å². The van der Waals surface area contributed by atoms with E-state index < -0.39 is 57.9 Å². The van der Waals surface area contributed by atoms with Crippen LogP contribution in [0.15, 0.2) is 30.3 Å². The molecule has 3 unspecified atom stereocenters. The average Bonchev–Trinajstić information content (AvgIpc) is 3.10. The molecule has 3 fully saturated rings. The fourth-order valence-corrected chi connectivity index (χ4v) is 5.41. The molecule has 32 heavy (non-hydrogen) atoms. The first-order valence-corrected chi connectivity index (χ1v) is 12.1. The third kappa shape index (κ3) is 4.55. The largest absolute Gasteiger partial charge is 0.523 e. The molecule has 0 radical (unpaired) electrons. The molecule has 180 valence electrons. The highest BCUT2D eigenvalue weighted by Gasteiger charge is 2.62. The lowest BCUT2D eigenvalue weighted by molar-refractivity contribution is -0.207. The van der Waals surface area contributed by atoms with E-state index in [0.29, 0.717) is 12.8 Å². The highest BCUT2D eigenvalue weighted by molar-refractivity contribution is 7.87. The van der Waals surface area contributed by atoms with Gasteiger partial charge < -0.3 is 19.3 Å². The van der Waals surface area contributed by atoms with Gasteiger partial charge in [-0.2, -0.15) is 21.6 Å². The highest BCUT2D eigenvalue weighted by Crippen LogP contribution is 2.48. The number of ether oxygens (including phenoxy) is 3. The van der Waals surface area contributed by atoms with E-state index in [0.717, 1.165) is 24.8 Å². The van der Waals surface area contributed by atoms with Crippen molar-refractivity contribution in [3.8, 4) is 0 Å². The molecule has 1 aromatic rings. The van der Waals surface area contributed by atoms with Crippen LogP contribution in [-0.2, 0) is 35.1 Å². The van der Waals surface area contributed by atoms with Gasteiger partial charge in [-0.25, -0.2) is 0 Å². The van der Waals surface area contributed by atoms with Crippen LogP contribution in [0.3, 0.4) is 0 Å². The Kier molecular flexibility index (Phi) is 6.61. The Balaban J connectivity index is 1.64. The van der Waals surface area contributed by atoms with Crippen LogP contribution in [0.4, 0.5) is 13.2 Å². The van der Waals surface area contributed by atoms with Crippen LogP contribution in [-0.4, -0.2) is 55.3 Å². The average molecular weight is 481 g/mol. The van der Waals surface area contributed by atoms with Gasteiger partial charge >= 0.3 is 15.6 Å². The molecule has 2 saturated carbocycles. The van der Waals surface area contributed by atoms with E-state index in [1.165, 1.54) is 0 Å². The summed E-state index contributed by atoms with van der Waals surface area (Å²) in [5.74, 6) is -1.64. The van der Waals surface area contributed by atoms with E-state index in [1.54, 1.807) is 37.3 Å². The van der Waals surface area contributed by atoms with Gasteiger partial charge in [-0.1, -0.05) is 43.7 Å². The maximum absolute atomic E-state index is 13.1. The van der Waals surface area contributed by atoms with E-state index in [1.807, 2.05) is 0 Å². The van der Waals surface area contributed by atoms with Gasteiger partial charge in [0.15, 0.2) is 5.79 Å². The van der Waals surface area contributed by atoms with Crippen molar-refractivity contribution in [3.63, 3.8) is 0 Å². The number of fused-ring (bicyclic) bond motifs is 1. The number of aliphatic hydroxyl groups is 1. The molecular formula is C21H27F3O7S. The molecule has 4 rings (SSSR count). The smallest absolute Gasteiger partial charge is 0.390 e. The normalized spacial score (nSPS) is 35.0. The summed E-state index contributed by atoms with van der Waals surface area (Å²) in [5, 5.41) is 10.8. The van der Waals surface area contributed by atoms with E-state index in [-0.39, 0.29) is 6.61 Å². The molecule has 1 aliphatic heterocycles. The van der Waals surface area contributed by atoms with Crippen LogP contribution in [0.2, 0.25) is 0 Å². The number of alkyl halides is 3. The maximum Gasteiger partial charge on any atom is 0.523 e. The lowest BCUT2D eigenvalue weighted by atomic mass is 9.79. The lowest BCUT2D eigenvalue weighted by Gasteiger charge is -2.43. The molecule has 11 heteroatoms. The van der Waals surface area contributed by atoms with E-state index in [2.05, 4.69) is 4.18 Å². The van der Waals surface area contributed by atoms with Gasteiger partial charge in [0.1, 0.15) is 18.3 Å². The third-order valence-electron chi connectivity index (χ3n) is 6.49. The van der Waals surface area contributed by atoms with Gasteiger partial charge in [0.2, 0.25) is 0 Å². The van der Waals surface area contributed by atoms with Crippen molar-refractivity contribution in [1.82, 2.24) is 0 Å². The summed E-state index contributed by atoms with van der Waals surface area (Å²) in [5.41, 5.74) is -4.91. The number of rotatable bonds is 5. The number of halogens is 3. The summed E-state index contributed by atoms with van der Waals surface area (Å²) in [7, 11) is -5.97. The first-order valence-electron chi connectivity index (χ1n) is 10.7. The third-order valence-corrected chi connectivity index (χ3v) is 7.53. The molecule has 1 saturated heterocycles. The SMILES string of the molecule is C[C@@H]1C(O)[C@H](OS(=O)(=O)C(F)(F)F)C(OCc2ccccc2)C2OC3(CCCCC3)O[C@@H]21. The Morgan fingerprint density at radius 3 is 2.31 bits per heavy atom. The zero-order valence-electron chi connectivity index (χ0n) is 17.5. The molecule has 0 bridgehead atoms. The number of benzene rings is 1. The summed E-state index contributed by atoms with van der Waals surface area (Å²) in [4.78, 5) is 0. The monoisotopic (exact) mass is 480 g/mol. The quantitative estimate of drug-likeness (QED) is 0.511. The summed E-state index contributed by atoms with van der Waals surface area (Å²) in [6.07, 6.45) is -2.24. The lowest BCUT2D eigenvalue weighted by Crippen LogP contribution is -2.61. The molecule has 0 aromatic heterocycles. The molecule has 2 aliphatic carbocycles. The standard InChI is InChI=1S/C21H27F3O7S/c1-13-15(25)17(31-32(26,27)21(22,23)24)18(28-12-14-8-4-2-5-9-14)19-16(13)29-20(30-19)10-6-3-7-11-20/h2,4-5,8-9,13,15-19,25H,3,6-7,10-12H2,1H3/t13-,15?,16-,17+,18?,19?/m1/s1. The Bertz CT molecular complexity index is 886. The van der Waals surface area contributed by atoms with E-state index >= 15 is 0 Å². The minimum Gasteiger partial charge on any atom is -0.390 e. The van der Waals surface area contributed by atoms with Gasteiger partial charge in [-0.05, 0) is 18.4 Å². The van der Waals surface area contributed by atoms with Crippen LogP contribution < -0.4 is 0 Å². The molecule has 1 N–H and O–H groups in total. The topological polar surface area (TPSA) is 91.3 Å². The fraction of sp³-hybridized carbons (Fsp3) is 0.714. The molecule has 1 spiro atoms. The Labute approximate surface area is 184 Å². The molecule has 7 nitrogen and oxygen atoms in total. The Morgan fingerprint density at radius 1 is 1.06 bits per heavy atom. The summed E-state index contributed by atoms with van der Waals surface area (Å²) < 4.78 is 85.6. The second-order valence-corrected chi connectivity index (χ2v) is 10.3.